The summed E-state index contributed by atoms with van der Waals surface area (Å²) in [6.07, 6.45) is 10.4. The smallest absolute Gasteiger partial charge is 0.0635 e. The van der Waals surface area contributed by atoms with Gasteiger partial charge in [-0.1, -0.05) is 13.3 Å². The van der Waals surface area contributed by atoms with Gasteiger partial charge in [-0.3, -0.25) is 4.90 Å². The minimum atomic E-state index is 0.713. The fraction of sp³-hybridized carbons (Fsp3) is 0.929. The number of nitriles is 1. The molecule has 16 heavy (non-hydrogen) atoms. The Labute approximate surface area is 99.6 Å². The van der Waals surface area contributed by atoms with Crippen molar-refractivity contribution in [2.24, 2.45) is 5.92 Å². The lowest BCUT2D eigenvalue weighted by molar-refractivity contribution is 0.129. The summed E-state index contributed by atoms with van der Waals surface area (Å²) in [4.78, 5) is 2.65. The van der Waals surface area contributed by atoms with Gasteiger partial charge >= 0.3 is 0 Å². The van der Waals surface area contributed by atoms with Gasteiger partial charge in [0.2, 0.25) is 0 Å². The molecular weight excluding hydrogens is 196 g/mol. The zero-order valence-corrected chi connectivity index (χ0v) is 10.5. The number of hydrogen-bond acceptors (Lipinski definition) is 2. The number of rotatable bonds is 5. The van der Waals surface area contributed by atoms with Gasteiger partial charge in [-0.2, -0.15) is 5.26 Å². The minimum Gasteiger partial charge on any atom is -0.296 e. The van der Waals surface area contributed by atoms with Crippen LogP contribution in [0, 0.1) is 17.2 Å². The largest absolute Gasteiger partial charge is 0.296 e. The van der Waals surface area contributed by atoms with E-state index < -0.39 is 0 Å². The molecule has 2 saturated carbocycles. The second kappa shape index (κ2) is 5.68. The van der Waals surface area contributed by atoms with Gasteiger partial charge in [0.05, 0.1) is 6.07 Å². The maximum atomic E-state index is 8.72. The van der Waals surface area contributed by atoms with Crippen molar-refractivity contribution in [1.82, 2.24) is 4.90 Å². The fourth-order valence-electron chi connectivity index (χ4n) is 3.13. The van der Waals surface area contributed by atoms with E-state index in [1.165, 1.54) is 44.9 Å². The molecule has 0 aromatic rings. The van der Waals surface area contributed by atoms with Crippen LogP contribution in [0.1, 0.15) is 58.3 Å². The Morgan fingerprint density at radius 3 is 2.06 bits per heavy atom. The topological polar surface area (TPSA) is 27.0 Å². The van der Waals surface area contributed by atoms with Crippen molar-refractivity contribution in [3.8, 4) is 6.07 Å². The number of nitrogens with zero attached hydrogens (tertiary/aromatic N) is 2. The molecule has 2 aliphatic rings. The predicted octanol–water partition coefficient (Wildman–Crippen LogP) is 3.33. The van der Waals surface area contributed by atoms with Crippen LogP contribution in [0.3, 0.4) is 0 Å². The van der Waals surface area contributed by atoms with Crippen LogP contribution in [0.15, 0.2) is 0 Å². The molecule has 0 atom stereocenters. The summed E-state index contributed by atoms with van der Waals surface area (Å²) in [5.41, 5.74) is 0. The fourth-order valence-corrected chi connectivity index (χ4v) is 3.13. The van der Waals surface area contributed by atoms with Crippen LogP contribution >= 0.6 is 0 Å². The average Bonchev–Trinajstić information content (AvgIpc) is 3.15. The maximum absolute atomic E-state index is 8.72. The molecule has 0 spiro atoms. The Kier molecular flexibility index (Phi) is 4.23. The average molecular weight is 220 g/mol. The highest BCUT2D eigenvalue weighted by Gasteiger charge is 2.34. The first-order valence-electron chi connectivity index (χ1n) is 6.97. The van der Waals surface area contributed by atoms with E-state index in [-0.39, 0.29) is 0 Å². The summed E-state index contributed by atoms with van der Waals surface area (Å²) in [5.74, 6) is 0.980. The predicted molar refractivity (Wildman–Crippen MR) is 66.0 cm³/mol. The van der Waals surface area contributed by atoms with Gasteiger partial charge in [-0.05, 0) is 44.4 Å². The molecule has 0 N–H and O–H groups in total. The summed E-state index contributed by atoms with van der Waals surface area (Å²) < 4.78 is 0. The normalized spacial score (nSPS) is 30.3. The molecule has 2 heteroatoms. The zero-order valence-electron chi connectivity index (χ0n) is 10.5. The first kappa shape index (κ1) is 11.9. The lowest BCUT2D eigenvalue weighted by Gasteiger charge is -2.36. The highest BCUT2D eigenvalue weighted by Crippen LogP contribution is 2.35. The van der Waals surface area contributed by atoms with E-state index in [1.54, 1.807) is 0 Å². The molecule has 0 amide bonds. The van der Waals surface area contributed by atoms with E-state index in [4.69, 9.17) is 5.26 Å². The van der Waals surface area contributed by atoms with E-state index in [1.807, 2.05) is 0 Å². The molecular formula is C14H24N2. The monoisotopic (exact) mass is 220 g/mol. The van der Waals surface area contributed by atoms with Gasteiger partial charge in [-0.25, -0.2) is 0 Å². The Bertz CT molecular complexity index is 244. The summed E-state index contributed by atoms with van der Waals surface area (Å²) in [7, 11) is 0. The van der Waals surface area contributed by atoms with Gasteiger partial charge in [0.15, 0.2) is 0 Å². The van der Waals surface area contributed by atoms with Crippen LogP contribution in [0.5, 0.6) is 0 Å². The molecule has 0 radical (unpaired) electrons. The minimum absolute atomic E-state index is 0.713. The zero-order chi connectivity index (χ0) is 11.4. The van der Waals surface area contributed by atoms with Crippen molar-refractivity contribution in [3.63, 3.8) is 0 Å². The summed E-state index contributed by atoms with van der Waals surface area (Å²) in [6, 6.07) is 3.92. The van der Waals surface area contributed by atoms with Crippen molar-refractivity contribution in [2.45, 2.75) is 70.4 Å². The van der Waals surface area contributed by atoms with E-state index in [2.05, 4.69) is 17.9 Å². The first-order valence-corrected chi connectivity index (χ1v) is 6.97. The van der Waals surface area contributed by atoms with Crippen LogP contribution in [0.2, 0.25) is 0 Å². The number of hydrogen-bond donors (Lipinski definition) is 0. The SMILES string of the molecule is CCC1CCC(N(CCC#N)C2CC2)CC1. The maximum Gasteiger partial charge on any atom is 0.0635 e. The van der Waals surface area contributed by atoms with Crippen LogP contribution in [0.4, 0.5) is 0 Å². The summed E-state index contributed by atoms with van der Waals surface area (Å²) >= 11 is 0. The van der Waals surface area contributed by atoms with Crippen molar-refractivity contribution in [2.75, 3.05) is 6.54 Å². The highest BCUT2D eigenvalue weighted by atomic mass is 15.2. The molecule has 2 nitrogen and oxygen atoms in total. The third-order valence-corrected chi connectivity index (χ3v) is 4.36. The molecule has 90 valence electrons. The molecule has 2 rings (SSSR count). The van der Waals surface area contributed by atoms with Gasteiger partial charge in [0, 0.05) is 25.0 Å². The van der Waals surface area contributed by atoms with Crippen molar-refractivity contribution in [3.05, 3.63) is 0 Å². The van der Waals surface area contributed by atoms with Crippen molar-refractivity contribution >= 4 is 0 Å². The quantitative estimate of drug-likeness (QED) is 0.710. The molecule has 0 heterocycles. The van der Waals surface area contributed by atoms with Gasteiger partial charge in [0.1, 0.15) is 0 Å². The van der Waals surface area contributed by atoms with Gasteiger partial charge < -0.3 is 0 Å². The summed E-state index contributed by atoms with van der Waals surface area (Å²) in [6.45, 7) is 3.34. The summed E-state index contributed by atoms with van der Waals surface area (Å²) in [5, 5.41) is 8.72. The van der Waals surface area contributed by atoms with E-state index in [0.717, 1.165) is 24.5 Å². The van der Waals surface area contributed by atoms with Crippen LogP contribution in [0.25, 0.3) is 0 Å². The molecule has 2 fully saturated rings. The van der Waals surface area contributed by atoms with Crippen molar-refractivity contribution < 1.29 is 0 Å². The third-order valence-electron chi connectivity index (χ3n) is 4.36. The molecule has 2 aliphatic carbocycles. The second-order valence-corrected chi connectivity index (χ2v) is 5.46. The lowest BCUT2D eigenvalue weighted by Crippen LogP contribution is -2.40. The molecule has 0 aromatic carbocycles. The molecule has 0 bridgehead atoms. The van der Waals surface area contributed by atoms with E-state index in [0.29, 0.717) is 6.42 Å². The molecule has 0 unspecified atom stereocenters. The van der Waals surface area contributed by atoms with Crippen LogP contribution in [-0.4, -0.2) is 23.5 Å². The highest BCUT2D eigenvalue weighted by molar-refractivity contribution is 4.92. The van der Waals surface area contributed by atoms with Gasteiger partial charge in [-0.15, -0.1) is 0 Å². The Hall–Kier alpha value is -0.550. The Morgan fingerprint density at radius 1 is 1.06 bits per heavy atom. The second-order valence-electron chi connectivity index (χ2n) is 5.46. The van der Waals surface area contributed by atoms with E-state index >= 15 is 0 Å². The first-order chi connectivity index (χ1) is 7.85. The van der Waals surface area contributed by atoms with Crippen LogP contribution in [-0.2, 0) is 0 Å². The molecule has 0 saturated heterocycles. The van der Waals surface area contributed by atoms with Crippen molar-refractivity contribution in [1.29, 1.82) is 5.26 Å². The Morgan fingerprint density at radius 2 is 1.62 bits per heavy atom. The van der Waals surface area contributed by atoms with Crippen LogP contribution < -0.4 is 0 Å². The van der Waals surface area contributed by atoms with Gasteiger partial charge in [0.25, 0.3) is 0 Å². The molecule has 0 aliphatic heterocycles. The Balaban J connectivity index is 1.82. The van der Waals surface area contributed by atoms with E-state index in [9.17, 15) is 0 Å². The lowest BCUT2D eigenvalue weighted by atomic mass is 9.84. The standard InChI is InChI=1S/C14H24N2/c1-2-12-4-6-13(7-5-12)16(11-3-10-15)14-8-9-14/h12-14H,2-9,11H2,1H3. The third kappa shape index (κ3) is 2.98. The molecule has 0 aromatic heterocycles.